The molecule has 0 saturated carbocycles. The Morgan fingerprint density at radius 1 is 0.970 bits per heavy atom. The molecular weight excluding hydrogens is 418 g/mol. The van der Waals surface area contributed by atoms with E-state index in [4.69, 9.17) is 4.98 Å². The van der Waals surface area contributed by atoms with Gasteiger partial charge in [-0.2, -0.15) is 0 Å². The molecule has 0 N–H and O–H groups in total. The summed E-state index contributed by atoms with van der Waals surface area (Å²) in [7, 11) is 0. The summed E-state index contributed by atoms with van der Waals surface area (Å²) in [6, 6.07) is 14.3. The van der Waals surface area contributed by atoms with Gasteiger partial charge in [0, 0.05) is 61.6 Å². The van der Waals surface area contributed by atoms with Crippen molar-refractivity contribution in [3.8, 4) is 0 Å². The third kappa shape index (κ3) is 4.84. The zero-order valence-corrected chi connectivity index (χ0v) is 19.1. The predicted molar refractivity (Wildman–Crippen MR) is 127 cm³/mol. The normalized spacial score (nSPS) is 13.8. The van der Waals surface area contributed by atoms with Gasteiger partial charge in [-0.3, -0.25) is 14.9 Å². The van der Waals surface area contributed by atoms with Crippen LogP contribution < -0.4 is 4.90 Å². The molecule has 0 spiro atoms. The molecule has 1 aliphatic rings. The largest absolute Gasteiger partial charge is 0.353 e. The van der Waals surface area contributed by atoms with Crippen LogP contribution in [0.3, 0.4) is 0 Å². The van der Waals surface area contributed by atoms with Gasteiger partial charge in [0.1, 0.15) is 11.6 Å². The number of hydrogen-bond acceptors (Lipinski definition) is 6. The highest BCUT2D eigenvalue weighted by atomic mass is 16.6. The molecule has 1 aromatic heterocycles. The summed E-state index contributed by atoms with van der Waals surface area (Å²) in [5.41, 5.74) is 4.68. The van der Waals surface area contributed by atoms with Crippen LogP contribution >= 0.6 is 0 Å². The molecule has 1 fully saturated rings. The smallest absolute Gasteiger partial charge is 0.269 e. The molecule has 0 bridgehead atoms. The number of carbonyl (C=O) groups is 1. The number of non-ortho nitro benzene ring substituents is 1. The van der Waals surface area contributed by atoms with Crippen LogP contribution in [-0.4, -0.2) is 51.9 Å². The summed E-state index contributed by atoms with van der Waals surface area (Å²) in [4.78, 5) is 37.0. The first-order chi connectivity index (χ1) is 15.8. The van der Waals surface area contributed by atoms with E-state index in [2.05, 4.69) is 9.88 Å². The summed E-state index contributed by atoms with van der Waals surface area (Å²) in [6.45, 7) is 8.40. The van der Waals surface area contributed by atoms with Crippen molar-refractivity contribution in [1.29, 1.82) is 0 Å². The molecule has 0 aliphatic carbocycles. The second-order valence-corrected chi connectivity index (χ2v) is 8.35. The second-order valence-electron chi connectivity index (χ2n) is 8.35. The van der Waals surface area contributed by atoms with Crippen LogP contribution in [0.2, 0.25) is 0 Å². The lowest BCUT2D eigenvalue weighted by atomic mass is 10.0. The van der Waals surface area contributed by atoms with Crippen molar-refractivity contribution >= 4 is 17.4 Å². The standard InChI is InChI=1S/C25H27N5O3/c1-17-6-4-5-7-22(17)25(31)29-14-12-28(13-15-29)24-23(18(2)26-19(3)27-24)16-20-8-10-21(11-9-20)30(32)33/h4-11H,12-16H2,1-3H3. The number of amides is 1. The molecule has 0 unspecified atom stereocenters. The van der Waals surface area contributed by atoms with Crippen LogP contribution in [0.4, 0.5) is 11.5 Å². The molecule has 0 radical (unpaired) electrons. The Hall–Kier alpha value is -3.81. The summed E-state index contributed by atoms with van der Waals surface area (Å²) < 4.78 is 0. The number of piperazine rings is 1. The first-order valence-corrected chi connectivity index (χ1v) is 11.0. The average molecular weight is 446 g/mol. The highest BCUT2D eigenvalue weighted by Crippen LogP contribution is 2.26. The zero-order valence-electron chi connectivity index (χ0n) is 19.1. The van der Waals surface area contributed by atoms with Crippen molar-refractivity contribution in [2.24, 2.45) is 0 Å². The maximum absolute atomic E-state index is 13.0. The summed E-state index contributed by atoms with van der Waals surface area (Å²) in [6.07, 6.45) is 0.585. The number of aromatic nitrogens is 2. The van der Waals surface area contributed by atoms with Crippen LogP contribution in [-0.2, 0) is 6.42 Å². The summed E-state index contributed by atoms with van der Waals surface area (Å²) >= 11 is 0. The quantitative estimate of drug-likeness (QED) is 0.437. The fraction of sp³-hybridized carbons (Fsp3) is 0.320. The predicted octanol–water partition coefficient (Wildman–Crippen LogP) is 3.86. The lowest BCUT2D eigenvalue weighted by Gasteiger charge is -2.36. The van der Waals surface area contributed by atoms with Gasteiger partial charge in [0.2, 0.25) is 0 Å². The van der Waals surface area contributed by atoms with E-state index in [1.807, 2.05) is 49.9 Å². The molecule has 8 heteroatoms. The van der Waals surface area contributed by atoms with Gasteiger partial charge in [-0.25, -0.2) is 9.97 Å². The van der Waals surface area contributed by atoms with Gasteiger partial charge in [-0.05, 0) is 38.0 Å². The fourth-order valence-corrected chi connectivity index (χ4v) is 4.23. The SMILES string of the molecule is Cc1nc(C)c(Cc2ccc([N+](=O)[O-])cc2)c(N2CCN(C(=O)c3ccccc3C)CC2)n1. The Bertz CT molecular complexity index is 1190. The zero-order chi connectivity index (χ0) is 23.5. The van der Waals surface area contributed by atoms with Crippen molar-refractivity contribution in [3.05, 3.63) is 92.4 Å². The molecule has 170 valence electrons. The molecule has 0 atom stereocenters. The minimum absolute atomic E-state index is 0.0638. The highest BCUT2D eigenvalue weighted by Gasteiger charge is 2.26. The lowest BCUT2D eigenvalue weighted by Crippen LogP contribution is -2.49. The number of anilines is 1. The third-order valence-electron chi connectivity index (χ3n) is 6.07. The molecule has 3 aromatic rings. The molecule has 2 heterocycles. The van der Waals surface area contributed by atoms with Crippen LogP contribution in [0, 0.1) is 30.9 Å². The van der Waals surface area contributed by atoms with E-state index in [9.17, 15) is 14.9 Å². The minimum Gasteiger partial charge on any atom is -0.353 e. The molecule has 2 aromatic carbocycles. The van der Waals surface area contributed by atoms with Gasteiger partial charge < -0.3 is 9.80 Å². The first kappa shape index (κ1) is 22.4. The van der Waals surface area contributed by atoms with Crippen LogP contribution in [0.1, 0.15) is 38.6 Å². The monoisotopic (exact) mass is 445 g/mol. The van der Waals surface area contributed by atoms with Crippen LogP contribution in [0.25, 0.3) is 0 Å². The van der Waals surface area contributed by atoms with E-state index < -0.39 is 4.92 Å². The van der Waals surface area contributed by atoms with E-state index in [1.165, 1.54) is 12.1 Å². The lowest BCUT2D eigenvalue weighted by molar-refractivity contribution is -0.384. The maximum Gasteiger partial charge on any atom is 0.269 e. The van der Waals surface area contributed by atoms with Crippen molar-refractivity contribution in [3.63, 3.8) is 0 Å². The van der Waals surface area contributed by atoms with Gasteiger partial charge in [0.25, 0.3) is 11.6 Å². The Kier molecular flexibility index (Phi) is 6.35. The third-order valence-corrected chi connectivity index (χ3v) is 6.07. The van der Waals surface area contributed by atoms with Gasteiger partial charge in [0.15, 0.2) is 0 Å². The number of nitrogens with zero attached hydrogens (tertiary/aromatic N) is 5. The van der Waals surface area contributed by atoms with Gasteiger partial charge in [-0.15, -0.1) is 0 Å². The van der Waals surface area contributed by atoms with Crippen molar-refractivity contribution in [2.45, 2.75) is 27.2 Å². The Morgan fingerprint density at radius 2 is 1.64 bits per heavy atom. The first-order valence-electron chi connectivity index (χ1n) is 11.0. The van der Waals surface area contributed by atoms with E-state index in [0.717, 1.165) is 33.8 Å². The number of rotatable bonds is 5. The Labute approximate surface area is 193 Å². The summed E-state index contributed by atoms with van der Waals surface area (Å²) in [5.74, 6) is 1.64. The van der Waals surface area contributed by atoms with E-state index in [0.29, 0.717) is 38.4 Å². The van der Waals surface area contributed by atoms with Crippen LogP contribution in [0.5, 0.6) is 0 Å². The molecule has 1 amide bonds. The number of benzene rings is 2. The Morgan fingerprint density at radius 3 is 2.27 bits per heavy atom. The van der Waals surface area contributed by atoms with Gasteiger partial charge >= 0.3 is 0 Å². The van der Waals surface area contributed by atoms with Crippen LogP contribution in [0.15, 0.2) is 48.5 Å². The molecule has 8 nitrogen and oxygen atoms in total. The Balaban J connectivity index is 1.53. The van der Waals surface area contributed by atoms with Gasteiger partial charge in [0.05, 0.1) is 4.92 Å². The molecule has 1 aliphatic heterocycles. The molecule has 1 saturated heterocycles. The topological polar surface area (TPSA) is 92.5 Å². The van der Waals surface area contributed by atoms with Crippen molar-refractivity contribution in [1.82, 2.24) is 14.9 Å². The second kappa shape index (κ2) is 9.36. The van der Waals surface area contributed by atoms with E-state index in [-0.39, 0.29) is 11.6 Å². The van der Waals surface area contributed by atoms with E-state index >= 15 is 0 Å². The molecule has 4 rings (SSSR count). The number of nitro benzene ring substituents is 1. The van der Waals surface area contributed by atoms with E-state index in [1.54, 1.807) is 12.1 Å². The maximum atomic E-state index is 13.0. The molecular formula is C25H27N5O3. The number of aryl methyl sites for hydroxylation is 3. The van der Waals surface area contributed by atoms with Crippen molar-refractivity contribution < 1.29 is 9.72 Å². The molecule has 33 heavy (non-hydrogen) atoms. The average Bonchev–Trinajstić information content (AvgIpc) is 2.81. The van der Waals surface area contributed by atoms with Crippen molar-refractivity contribution in [2.75, 3.05) is 31.1 Å². The minimum atomic E-state index is -0.396. The number of hydrogen-bond donors (Lipinski definition) is 0. The number of nitro groups is 1. The number of carbonyl (C=O) groups excluding carboxylic acids is 1. The highest BCUT2D eigenvalue weighted by molar-refractivity contribution is 5.95. The van der Waals surface area contributed by atoms with Gasteiger partial charge in [-0.1, -0.05) is 30.3 Å². The fourth-order valence-electron chi connectivity index (χ4n) is 4.23. The summed E-state index contributed by atoms with van der Waals surface area (Å²) in [5, 5.41) is 11.0.